The van der Waals surface area contributed by atoms with Crippen LogP contribution in [0.5, 0.6) is 0 Å². The number of hydrogen-bond acceptors (Lipinski definition) is 3. The molecule has 2 aromatic rings. The summed E-state index contributed by atoms with van der Waals surface area (Å²) in [6.07, 6.45) is 2.48. The summed E-state index contributed by atoms with van der Waals surface area (Å²) in [7, 11) is 0. The van der Waals surface area contributed by atoms with Crippen molar-refractivity contribution >= 4 is 22.7 Å². The highest BCUT2D eigenvalue weighted by Crippen LogP contribution is 2.31. The molecule has 3 heteroatoms. The van der Waals surface area contributed by atoms with Crippen LogP contribution in [0.25, 0.3) is 9.75 Å². The van der Waals surface area contributed by atoms with E-state index >= 15 is 0 Å². The van der Waals surface area contributed by atoms with Crippen LogP contribution in [0.15, 0.2) is 29.6 Å². The number of hydrogen-bond donors (Lipinski definition) is 0. The van der Waals surface area contributed by atoms with E-state index in [9.17, 15) is 0 Å². The average Bonchev–Trinajstić information content (AvgIpc) is 3.05. The normalized spacial score (nSPS) is 11.3. The van der Waals surface area contributed by atoms with Crippen LogP contribution in [-0.4, -0.2) is 24.5 Å². The van der Waals surface area contributed by atoms with Gasteiger partial charge >= 0.3 is 0 Å². The highest BCUT2D eigenvalue weighted by molar-refractivity contribution is 7.21. The Balaban J connectivity index is 1.84. The zero-order valence-corrected chi connectivity index (χ0v) is 12.8. The van der Waals surface area contributed by atoms with Gasteiger partial charge in [0.2, 0.25) is 0 Å². The molecule has 0 radical (unpaired) electrons. The van der Waals surface area contributed by atoms with E-state index in [-0.39, 0.29) is 0 Å². The second kappa shape index (κ2) is 7.07. The third-order valence-corrected chi connectivity index (χ3v) is 5.43. The van der Waals surface area contributed by atoms with E-state index in [1.165, 1.54) is 47.1 Å². The van der Waals surface area contributed by atoms with Gasteiger partial charge in [-0.25, -0.2) is 0 Å². The lowest BCUT2D eigenvalue weighted by atomic mass is 10.2. The second-order valence-electron chi connectivity index (χ2n) is 4.37. The Morgan fingerprint density at radius 1 is 1.06 bits per heavy atom. The number of aryl methyl sites for hydroxylation is 1. The molecule has 2 aromatic heterocycles. The van der Waals surface area contributed by atoms with Crippen molar-refractivity contribution in [1.29, 1.82) is 0 Å². The molecule has 0 saturated heterocycles. The van der Waals surface area contributed by atoms with E-state index in [4.69, 9.17) is 0 Å². The quantitative estimate of drug-likeness (QED) is 0.707. The van der Waals surface area contributed by atoms with Crippen molar-refractivity contribution in [2.45, 2.75) is 26.7 Å². The van der Waals surface area contributed by atoms with Crippen molar-refractivity contribution in [1.82, 2.24) is 4.90 Å². The Bertz CT molecular complexity index is 441. The van der Waals surface area contributed by atoms with Crippen LogP contribution in [0, 0.1) is 0 Å². The van der Waals surface area contributed by atoms with Crippen molar-refractivity contribution in [2.75, 3.05) is 19.6 Å². The molecule has 0 aliphatic rings. The summed E-state index contributed by atoms with van der Waals surface area (Å²) in [6, 6.07) is 8.89. The van der Waals surface area contributed by atoms with Crippen LogP contribution in [0.2, 0.25) is 0 Å². The van der Waals surface area contributed by atoms with Gasteiger partial charge in [0, 0.05) is 14.6 Å². The molecule has 0 N–H and O–H groups in total. The first-order valence-electron chi connectivity index (χ1n) is 6.68. The molecule has 0 saturated carbocycles. The second-order valence-corrected chi connectivity index (χ2v) is 6.49. The first-order chi connectivity index (χ1) is 8.83. The molecular weight excluding hydrogens is 258 g/mol. The maximum atomic E-state index is 2.49. The molecule has 2 rings (SSSR count). The molecule has 0 aromatic carbocycles. The van der Waals surface area contributed by atoms with Gasteiger partial charge in [0.1, 0.15) is 0 Å². The molecule has 0 fully saturated rings. The summed E-state index contributed by atoms with van der Waals surface area (Å²) in [4.78, 5) is 6.83. The van der Waals surface area contributed by atoms with Gasteiger partial charge in [-0.05, 0) is 56.1 Å². The minimum absolute atomic E-state index is 1.17. The largest absolute Gasteiger partial charge is 0.304 e. The lowest BCUT2D eigenvalue weighted by Crippen LogP contribution is -2.24. The van der Waals surface area contributed by atoms with Crippen molar-refractivity contribution in [3.05, 3.63) is 34.5 Å². The fourth-order valence-electron chi connectivity index (χ4n) is 2.08. The third-order valence-electron chi connectivity index (χ3n) is 3.22. The van der Waals surface area contributed by atoms with E-state index in [1.807, 2.05) is 22.7 Å². The standard InChI is InChI=1S/C15H21NS2/c1-3-16(4-2)11-5-7-13-9-10-15(18-13)14-8-6-12-17-14/h6,8-10,12H,3-5,7,11H2,1-2H3. The van der Waals surface area contributed by atoms with Crippen LogP contribution in [-0.2, 0) is 6.42 Å². The summed E-state index contributed by atoms with van der Waals surface area (Å²) >= 11 is 3.78. The fourth-order valence-corrected chi connectivity index (χ4v) is 3.96. The Kier molecular flexibility index (Phi) is 5.42. The highest BCUT2D eigenvalue weighted by atomic mass is 32.1. The Morgan fingerprint density at radius 2 is 1.89 bits per heavy atom. The van der Waals surface area contributed by atoms with Crippen LogP contribution >= 0.6 is 22.7 Å². The van der Waals surface area contributed by atoms with Gasteiger partial charge in [-0.15, -0.1) is 22.7 Å². The molecule has 98 valence electrons. The van der Waals surface area contributed by atoms with Gasteiger partial charge in [0.25, 0.3) is 0 Å². The van der Waals surface area contributed by atoms with Gasteiger partial charge < -0.3 is 4.90 Å². The van der Waals surface area contributed by atoms with E-state index in [2.05, 4.69) is 48.4 Å². The first-order valence-corrected chi connectivity index (χ1v) is 8.38. The smallest absolute Gasteiger partial charge is 0.0445 e. The van der Waals surface area contributed by atoms with Crippen LogP contribution in [0.1, 0.15) is 25.1 Å². The van der Waals surface area contributed by atoms with Gasteiger partial charge in [-0.2, -0.15) is 0 Å². The maximum absolute atomic E-state index is 2.49. The lowest BCUT2D eigenvalue weighted by Gasteiger charge is -2.17. The SMILES string of the molecule is CCN(CC)CCCc1ccc(-c2cccs2)s1. The molecule has 18 heavy (non-hydrogen) atoms. The van der Waals surface area contributed by atoms with Gasteiger partial charge in [-0.3, -0.25) is 0 Å². The van der Waals surface area contributed by atoms with Gasteiger partial charge in [0.15, 0.2) is 0 Å². The zero-order chi connectivity index (χ0) is 12.8. The summed E-state index contributed by atoms with van der Waals surface area (Å²) in [5.41, 5.74) is 0. The number of nitrogens with zero attached hydrogens (tertiary/aromatic N) is 1. The Morgan fingerprint density at radius 3 is 2.56 bits per heavy atom. The van der Waals surface area contributed by atoms with Crippen molar-refractivity contribution in [3.8, 4) is 9.75 Å². The van der Waals surface area contributed by atoms with E-state index in [0.717, 1.165) is 0 Å². The van der Waals surface area contributed by atoms with Gasteiger partial charge in [0.05, 0.1) is 0 Å². The molecule has 0 aliphatic carbocycles. The average molecular weight is 279 g/mol. The van der Waals surface area contributed by atoms with Crippen LogP contribution in [0.3, 0.4) is 0 Å². The van der Waals surface area contributed by atoms with Crippen LogP contribution < -0.4 is 0 Å². The summed E-state index contributed by atoms with van der Waals surface area (Å²) in [6.45, 7) is 8.04. The van der Waals surface area contributed by atoms with Crippen molar-refractivity contribution < 1.29 is 0 Å². The molecular formula is C15H21NS2. The maximum Gasteiger partial charge on any atom is 0.0445 e. The summed E-state index contributed by atoms with van der Waals surface area (Å²) in [5, 5.41) is 2.15. The first kappa shape index (κ1) is 13.8. The molecule has 0 bridgehead atoms. The topological polar surface area (TPSA) is 3.24 Å². The molecule has 0 aliphatic heterocycles. The van der Waals surface area contributed by atoms with E-state index < -0.39 is 0 Å². The fraction of sp³-hybridized carbons (Fsp3) is 0.467. The highest BCUT2D eigenvalue weighted by Gasteiger charge is 2.04. The van der Waals surface area contributed by atoms with E-state index in [0.29, 0.717) is 0 Å². The minimum Gasteiger partial charge on any atom is -0.304 e. The van der Waals surface area contributed by atoms with Crippen molar-refractivity contribution in [3.63, 3.8) is 0 Å². The number of rotatable bonds is 7. The Labute approximate surface area is 118 Å². The summed E-state index contributed by atoms with van der Waals surface area (Å²) < 4.78 is 0. The Hall–Kier alpha value is -0.640. The molecule has 0 atom stereocenters. The van der Waals surface area contributed by atoms with Crippen LogP contribution in [0.4, 0.5) is 0 Å². The molecule has 0 unspecified atom stereocenters. The zero-order valence-electron chi connectivity index (χ0n) is 11.2. The lowest BCUT2D eigenvalue weighted by molar-refractivity contribution is 0.300. The molecule has 0 amide bonds. The van der Waals surface area contributed by atoms with Crippen molar-refractivity contribution in [2.24, 2.45) is 0 Å². The minimum atomic E-state index is 1.17. The molecule has 0 spiro atoms. The summed E-state index contributed by atoms with van der Waals surface area (Å²) in [5.74, 6) is 0. The third kappa shape index (κ3) is 3.67. The predicted molar refractivity (Wildman–Crippen MR) is 83.7 cm³/mol. The van der Waals surface area contributed by atoms with Gasteiger partial charge in [-0.1, -0.05) is 19.9 Å². The predicted octanol–water partition coefficient (Wildman–Crippen LogP) is 4.75. The monoisotopic (exact) mass is 279 g/mol. The van der Waals surface area contributed by atoms with E-state index in [1.54, 1.807) is 0 Å². The molecule has 1 nitrogen and oxygen atoms in total. The number of thiophene rings is 2. The molecule has 2 heterocycles.